The molecule has 2 aromatic rings. The summed E-state index contributed by atoms with van der Waals surface area (Å²) in [5.74, 6) is 0.138. The van der Waals surface area contributed by atoms with Crippen LogP contribution in [0.15, 0.2) is 42.6 Å². The Labute approximate surface area is 150 Å². The molecule has 2 heterocycles. The fraction of sp³-hybridized carbons (Fsp3) is 0.278. The topological polar surface area (TPSA) is 80.3 Å². The van der Waals surface area contributed by atoms with E-state index in [9.17, 15) is 9.59 Å². The Morgan fingerprint density at radius 2 is 2.24 bits per heavy atom. The van der Waals surface area contributed by atoms with Crippen LogP contribution < -0.4 is 15.4 Å². The Balaban J connectivity index is 1.66. The molecule has 0 bridgehead atoms. The molecule has 1 aliphatic heterocycles. The van der Waals surface area contributed by atoms with Gasteiger partial charge in [0.25, 0.3) is 0 Å². The van der Waals surface area contributed by atoms with Crippen molar-refractivity contribution in [3.8, 4) is 5.75 Å². The Bertz CT molecular complexity index is 782. The van der Waals surface area contributed by atoms with E-state index in [1.165, 1.54) is 0 Å². The van der Waals surface area contributed by atoms with Crippen LogP contribution in [0.1, 0.15) is 18.4 Å². The molecule has 1 fully saturated rings. The normalized spacial score (nSPS) is 16.8. The number of aromatic nitrogens is 1. The summed E-state index contributed by atoms with van der Waals surface area (Å²) in [6.07, 6.45) is 2.38. The van der Waals surface area contributed by atoms with Gasteiger partial charge >= 0.3 is 0 Å². The maximum Gasteiger partial charge on any atom is 0.229 e. The van der Waals surface area contributed by atoms with Crippen LogP contribution in [0.5, 0.6) is 5.75 Å². The van der Waals surface area contributed by atoms with Crippen molar-refractivity contribution in [1.29, 1.82) is 0 Å². The number of carbonyl (C=O) groups excluding carboxylic acids is 2. The molecular formula is C18H18ClN3O3. The molecule has 130 valence electrons. The third-order valence-electron chi connectivity index (χ3n) is 3.91. The number of carbonyl (C=O) groups is 2. The molecule has 7 heteroatoms. The van der Waals surface area contributed by atoms with Crippen LogP contribution in [0.3, 0.4) is 0 Å². The number of anilines is 1. The maximum atomic E-state index is 12.4. The van der Waals surface area contributed by atoms with Crippen LogP contribution in [0.2, 0.25) is 5.02 Å². The molecule has 6 nitrogen and oxygen atoms in total. The smallest absolute Gasteiger partial charge is 0.229 e. The predicted octanol–water partition coefficient (Wildman–Crippen LogP) is 2.78. The largest absolute Gasteiger partial charge is 0.485 e. The van der Waals surface area contributed by atoms with Gasteiger partial charge in [-0.1, -0.05) is 23.7 Å². The van der Waals surface area contributed by atoms with Gasteiger partial charge in [0.05, 0.1) is 0 Å². The van der Waals surface area contributed by atoms with Crippen LogP contribution >= 0.6 is 11.6 Å². The number of halogens is 1. The van der Waals surface area contributed by atoms with E-state index in [2.05, 4.69) is 15.6 Å². The fourth-order valence-corrected chi connectivity index (χ4v) is 2.83. The summed E-state index contributed by atoms with van der Waals surface area (Å²) < 4.78 is 5.77. The zero-order chi connectivity index (χ0) is 17.6. The SMILES string of the molecule is O=C1CC(C(=O)Nc2ncccc2OCc2cccc(Cl)c2)CCN1. The van der Waals surface area contributed by atoms with Gasteiger partial charge in [-0.05, 0) is 36.2 Å². The zero-order valence-corrected chi connectivity index (χ0v) is 14.3. The standard InChI is InChI=1S/C18H18ClN3O3/c19-14-4-1-3-12(9-14)11-25-15-5-2-7-21-17(15)22-18(24)13-6-8-20-16(23)10-13/h1-5,7,9,13H,6,8,10-11H2,(H,20,23)(H,21,22,24). The second-order valence-corrected chi connectivity index (χ2v) is 6.23. The number of pyridine rings is 1. The number of ether oxygens (including phenoxy) is 1. The lowest BCUT2D eigenvalue weighted by molar-refractivity contribution is -0.129. The maximum absolute atomic E-state index is 12.4. The van der Waals surface area contributed by atoms with Gasteiger partial charge in [0.2, 0.25) is 11.8 Å². The van der Waals surface area contributed by atoms with Gasteiger partial charge in [0, 0.05) is 30.1 Å². The molecule has 2 amide bonds. The monoisotopic (exact) mass is 359 g/mol. The fourth-order valence-electron chi connectivity index (χ4n) is 2.62. The number of nitrogens with one attached hydrogen (secondary N) is 2. The average Bonchev–Trinajstić information content (AvgIpc) is 2.61. The summed E-state index contributed by atoms with van der Waals surface area (Å²) in [4.78, 5) is 28.0. The number of piperidine rings is 1. The molecule has 2 N–H and O–H groups in total. The van der Waals surface area contributed by atoms with Crippen molar-refractivity contribution in [2.45, 2.75) is 19.4 Å². The number of hydrogen-bond acceptors (Lipinski definition) is 4. The van der Waals surface area contributed by atoms with Crippen molar-refractivity contribution in [3.63, 3.8) is 0 Å². The molecule has 1 aromatic heterocycles. The zero-order valence-electron chi connectivity index (χ0n) is 13.5. The van der Waals surface area contributed by atoms with Gasteiger partial charge in [-0.2, -0.15) is 0 Å². The number of hydrogen-bond donors (Lipinski definition) is 2. The van der Waals surface area contributed by atoms with Crippen LogP contribution in [0.25, 0.3) is 0 Å². The molecular weight excluding hydrogens is 342 g/mol. The van der Waals surface area contributed by atoms with E-state index in [4.69, 9.17) is 16.3 Å². The van der Waals surface area contributed by atoms with E-state index in [0.29, 0.717) is 36.2 Å². The highest BCUT2D eigenvalue weighted by atomic mass is 35.5. The van der Waals surface area contributed by atoms with E-state index < -0.39 is 0 Å². The van der Waals surface area contributed by atoms with E-state index in [0.717, 1.165) is 5.56 Å². The van der Waals surface area contributed by atoms with Crippen molar-refractivity contribution in [2.24, 2.45) is 5.92 Å². The minimum absolute atomic E-state index is 0.107. The van der Waals surface area contributed by atoms with Gasteiger partial charge in [-0.3, -0.25) is 9.59 Å². The van der Waals surface area contributed by atoms with E-state index >= 15 is 0 Å². The third kappa shape index (κ3) is 4.70. The van der Waals surface area contributed by atoms with E-state index in [1.807, 2.05) is 18.2 Å². The van der Waals surface area contributed by atoms with Gasteiger partial charge < -0.3 is 15.4 Å². The lowest BCUT2D eigenvalue weighted by Gasteiger charge is -2.21. The lowest BCUT2D eigenvalue weighted by atomic mass is 9.97. The predicted molar refractivity (Wildman–Crippen MR) is 94.4 cm³/mol. The van der Waals surface area contributed by atoms with Gasteiger partial charge in [0.1, 0.15) is 6.61 Å². The van der Waals surface area contributed by atoms with E-state index in [-0.39, 0.29) is 24.2 Å². The van der Waals surface area contributed by atoms with Gasteiger partial charge in [-0.15, -0.1) is 0 Å². The van der Waals surface area contributed by atoms with Crippen molar-refractivity contribution in [2.75, 3.05) is 11.9 Å². The highest BCUT2D eigenvalue weighted by Gasteiger charge is 2.26. The van der Waals surface area contributed by atoms with Crippen molar-refractivity contribution < 1.29 is 14.3 Å². The molecule has 1 aromatic carbocycles. The molecule has 0 saturated carbocycles. The minimum atomic E-state index is -0.350. The number of benzene rings is 1. The third-order valence-corrected chi connectivity index (χ3v) is 4.15. The minimum Gasteiger partial charge on any atom is -0.485 e. The quantitative estimate of drug-likeness (QED) is 0.860. The van der Waals surface area contributed by atoms with Crippen LogP contribution in [0, 0.1) is 5.92 Å². The summed E-state index contributed by atoms with van der Waals surface area (Å²) in [6.45, 7) is 0.818. The highest BCUT2D eigenvalue weighted by Crippen LogP contribution is 2.24. The molecule has 0 radical (unpaired) electrons. The average molecular weight is 360 g/mol. The summed E-state index contributed by atoms with van der Waals surface area (Å²) in [5, 5.41) is 6.12. The summed E-state index contributed by atoms with van der Waals surface area (Å²) >= 11 is 5.97. The Morgan fingerprint density at radius 3 is 3.04 bits per heavy atom. The molecule has 1 saturated heterocycles. The first kappa shape index (κ1) is 17.2. The molecule has 25 heavy (non-hydrogen) atoms. The lowest BCUT2D eigenvalue weighted by Crippen LogP contribution is -2.38. The number of amides is 2. The Kier molecular flexibility index (Phi) is 5.50. The van der Waals surface area contributed by atoms with Crippen LogP contribution in [-0.2, 0) is 16.2 Å². The molecule has 3 rings (SSSR count). The van der Waals surface area contributed by atoms with Crippen LogP contribution in [0.4, 0.5) is 5.82 Å². The van der Waals surface area contributed by atoms with Crippen molar-refractivity contribution in [1.82, 2.24) is 10.3 Å². The van der Waals surface area contributed by atoms with Crippen molar-refractivity contribution in [3.05, 3.63) is 53.2 Å². The van der Waals surface area contributed by atoms with Crippen LogP contribution in [-0.4, -0.2) is 23.3 Å². The first-order valence-corrected chi connectivity index (χ1v) is 8.39. The van der Waals surface area contributed by atoms with E-state index in [1.54, 1.807) is 24.4 Å². The summed E-state index contributed by atoms with van der Waals surface area (Å²) in [7, 11) is 0. The highest BCUT2D eigenvalue weighted by molar-refractivity contribution is 6.30. The second-order valence-electron chi connectivity index (χ2n) is 5.80. The number of nitrogens with zero attached hydrogens (tertiary/aromatic N) is 1. The molecule has 0 spiro atoms. The number of rotatable bonds is 5. The van der Waals surface area contributed by atoms with Gasteiger partial charge in [0.15, 0.2) is 11.6 Å². The molecule has 1 unspecified atom stereocenters. The summed E-state index contributed by atoms with van der Waals surface area (Å²) in [6, 6.07) is 10.8. The Hall–Kier alpha value is -2.60. The van der Waals surface area contributed by atoms with Crippen molar-refractivity contribution >= 4 is 29.2 Å². The van der Waals surface area contributed by atoms with Gasteiger partial charge in [-0.25, -0.2) is 4.98 Å². The Morgan fingerprint density at radius 1 is 1.36 bits per heavy atom. The first-order valence-electron chi connectivity index (χ1n) is 8.01. The summed E-state index contributed by atoms with van der Waals surface area (Å²) in [5.41, 5.74) is 0.914. The molecule has 0 aliphatic carbocycles. The second kappa shape index (κ2) is 7.98. The molecule has 1 aliphatic rings. The molecule has 1 atom stereocenters. The first-order chi connectivity index (χ1) is 12.1.